The van der Waals surface area contributed by atoms with Crippen LogP contribution in [0, 0.1) is 0 Å². The van der Waals surface area contributed by atoms with Crippen LogP contribution < -0.4 is 4.74 Å². The Hall–Kier alpha value is -1.56. The van der Waals surface area contributed by atoms with Gasteiger partial charge in [0.15, 0.2) is 0 Å². The van der Waals surface area contributed by atoms with Gasteiger partial charge in [0.2, 0.25) is 0 Å². The van der Waals surface area contributed by atoms with E-state index in [0.717, 1.165) is 38.3 Å². The first-order chi connectivity index (χ1) is 8.99. The van der Waals surface area contributed by atoms with Crippen molar-refractivity contribution in [3.05, 3.63) is 36.7 Å². The molecule has 3 nitrogen and oxygen atoms in total. The summed E-state index contributed by atoms with van der Waals surface area (Å²) in [7, 11) is 0. The Labute approximate surface area is 109 Å². The fraction of sp³-hybridized carbons (Fsp3) is 0.462. The van der Waals surface area contributed by atoms with E-state index in [2.05, 4.69) is 16.5 Å². The first-order valence-electron chi connectivity index (χ1n) is 6.02. The van der Waals surface area contributed by atoms with E-state index in [1.807, 2.05) is 6.08 Å². The molecule has 0 aromatic carbocycles. The fourth-order valence-corrected chi connectivity index (χ4v) is 1.89. The summed E-state index contributed by atoms with van der Waals surface area (Å²) in [6.07, 6.45) is -0.623. The largest absolute Gasteiger partial charge is 0.488 e. The number of aromatic nitrogens is 1. The summed E-state index contributed by atoms with van der Waals surface area (Å²) in [5.74, 6) is 0.218. The van der Waals surface area contributed by atoms with E-state index in [0.29, 0.717) is 0 Å². The Morgan fingerprint density at radius 2 is 2.21 bits per heavy atom. The Bertz CT molecular complexity index is 442. The van der Waals surface area contributed by atoms with Crippen molar-refractivity contribution in [2.45, 2.75) is 18.7 Å². The van der Waals surface area contributed by atoms with Crippen molar-refractivity contribution < 1.29 is 17.9 Å². The minimum atomic E-state index is -4.44. The molecule has 0 bridgehead atoms. The summed E-state index contributed by atoms with van der Waals surface area (Å²) in [4.78, 5) is 5.46. The van der Waals surface area contributed by atoms with Gasteiger partial charge in [0.1, 0.15) is 17.5 Å². The predicted molar refractivity (Wildman–Crippen MR) is 64.9 cm³/mol. The second kappa shape index (κ2) is 5.61. The molecule has 0 saturated carbocycles. The van der Waals surface area contributed by atoms with Crippen LogP contribution in [0.15, 0.2) is 31.0 Å². The Morgan fingerprint density at radius 1 is 1.47 bits per heavy atom. The lowest BCUT2D eigenvalue weighted by atomic mass is 10.1. The van der Waals surface area contributed by atoms with Crippen LogP contribution in [0.5, 0.6) is 5.75 Å². The number of pyridine rings is 1. The summed E-state index contributed by atoms with van der Waals surface area (Å²) in [5.41, 5.74) is -0.923. The summed E-state index contributed by atoms with van der Waals surface area (Å²) < 4.78 is 42.9. The van der Waals surface area contributed by atoms with Crippen LogP contribution in [0.4, 0.5) is 13.2 Å². The molecule has 0 N–H and O–H groups in total. The van der Waals surface area contributed by atoms with Crippen molar-refractivity contribution in [3.63, 3.8) is 0 Å². The third-order valence-corrected chi connectivity index (χ3v) is 2.90. The van der Waals surface area contributed by atoms with E-state index in [1.165, 1.54) is 6.07 Å². The van der Waals surface area contributed by atoms with E-state index in [9.17, 15) is 13.2 Å². The Kier molecular flexibility index (Phi) is 4.09. The summed E-state index contributed by atoms with van der Waals surface area (Å²) in [6.45, 7) is 6.02. The van der Waals surface area contributed by atoms with Crippen molar-refractivity contribution in [1.29, 1.82) is 0 Å². The smallest absolute Gasteiger partial charge is 0.433 e. The minimum Gasteiger partial charge on any atom is -0.488 e. The zero-order valence-corrected chi connectivity index (χ0v) is 10.4. The van der Waals surface area contributed by atoms with Gasteiger partial charge in [-0.25, -0.2) is 0 Å². The van der Waals surface area contributed by atoms with Crippen molar-refractivity contribution >= 4 is 0 Å². The highest BCUT2D eigenvalue weighted by molar-refractivity contribution is 5.24. The van der Waals surface area contributed by atoms with E-state index in [4.69, 9.17) is 4.74 Å². The van der Waals surface area contributed by atoms with Crippen LogP contribution in [0.25, 0.3) is 0 Å². The molecule has 2 heterocycles. The van der Waals surface area contributed by atoms with Crippen molar-refractivity contribution in [2.75, 3.05) is 19.6 Å². The van der Waals surface area contributed by atoms with Gasteiger partial charge in [-0.1, -0.05) is 6.08 Å². The molecule has 2 rings (SSSR count). The van der Waals surface area contributed by atoms with Crippen LogP contribution in [-0.4, -0.2) is 35.6 Å². The Morgan fingerprint density at radius 3 is 2.84 bits per heavy atom. The fourth-order valence-electron chi connectivity index (χ4n) is 1.89. The molecule has 104 valence electrons. The van der Waals surface area contributed by atoms with E-state index < -0.39 is 11.9 Å². The van der Waals surface area contributed by atoms with Gasteiger partial charge < -0.3 is 4.74 Å². The topological polar surface area (TPSA) is 25.4 Å². The van der Waals surface area contributed by atoms with Crippen molar-refractivity contribution in [2.24, 2.45) is 0 Å². The molecule has 1 aliphatic rings. The van der Waals surface area contributed by atoms with Gasteiger partial charge in [-0.2, -0.15) is 13.2 Å². The highest BCUT2D eigenvalue weighted by Gasteiger charge is 2.33. The number of rotatable bonds is 5. The maximum absolute atomic E-state index is 12.5. The molecular weight excluding hydrogens is 257 g/mol. The molecule has 1 fully saturated rings. The number of halogens is 3. The molecule has 0 amide bonds. The highest BCUT2D eigenvalue weighted by atomic mass is 19.4. The monoisotopic (exact) mass is 272 g/mol. The van der Waals surface area contributed by atoms with Crippen LogP contribution in [0.1, 0.15) is 12.1 Å². The maximum Gasteiger partial charge on any atom is 0.433 e. The average Bonchev–Trinajstić information content (AvgIpc) is 2.31. The van der Waals surface area contributed by atoms with Gasteiger partial charge in [-0.15, -0.1) is 6.58 Å². The lowest BCUT2D eigenvalue weighted by Gasteiger charge is -2.38. The van der Waals surface area contributed by atoms with Gasteiger partial charge in [0.25, 0.3) is 0 Å². The molecule has 19 heavy (non-hydrogen) atoms. The number of ether oxygens (including phenoxy) is 1. The average molecular weight is 272 g/mol. The summed E-state index contributed by atoms with van der Waals surface area (Å²) in [6, 6.07) is 2.38. The van der Waals surface area contributed by atoms with E-state index >= 15 is 0 Å². The molecule has 0 aliphatic carbocycles. The first kappa shape index (κ1) is 13.9. The molecule has 0 atom stereocenters. The number of hydrogen-bond donors (Lipinski definition) is 0. The minimum absolute atomic E-state index is 0.0479. The van der Waals surface area contributed by atoms with Crippen LogP contribution in [-0.2, 0) is 6.18 Å². The zero-order chi connectivity index (χ0) is 13.9. The molecule has 6 heteroatoms. The van der Waals surface area contributed by atoms with Gasteiger partial charge in [0, 0.05) is 31.9 Å². The lowest BCUT2D eigenvalue weighted by Crippen LogP contribution is -2.53. The van der Waals surface area contributed by atoms with Crippen LogP contribution in [0.2, 0.25) is 0 Å². The normalized spacial score (nSPS) is 17.0. The summed E-state index contributed by atoms with van der Waals surface area (Å²) in [5, 5.41) is 0. The SMILES string of the molecule is C=CCCN1CC(Oc2ccnc(C(F)(F)F)c2)C1. The van der Waals surface area contributed by atoms with Crippen LogP contribution in [0.3, 0.4) is 0 Å². The third-order valence-electron chi connectivity index (χ3n) is 2.90. The predicted octanol–water partition coefficient (Wildman–Crippen LogP) is 2.74. The summed E-state index contributed by atoms with van der Waals surface area (Å²) >= 11 is 0. The second-order valence-corrected chi connectivity index (χ2v) is 4.45. The van der Waals surface area contributed by atoms with Crippen molar-refractivity contribution in [3.8, 4) is 5.75 Å². The van der Waals surface area contributed by atoms with Crippen molar-refractivity contribution in [1.82, 2.24) is 9.88 Å². The molecule has 0 radical (unpaired) electrons. The number of nitrogens with zero attached hydrogens (tertiary/aromatic N) is 2. The number of alkyl halides is 3. The molecule has 1 aromatic rings. The maximum atomic E-state index is 12.5. The molecule has 1 aromatic heterocycles. The van der Waals surface area contributed by atoms with Gasteiger partial charge in [-0.3, -0.25) is 9.88 Å². The Balaban J connectivity index is 1.86. The first-order valence-corrected chi connectivity index (χ1v) is 6.02. The van der Waals surface area contributed by atoms with Gasteiger partial charge >= 0.3 is 6.18 Å². The third kappa shape index (κ3) is 3.70. The number of hydrogen-bond acceptors (Lipinski definition) is 3. The van der Waals surface area contributed by atoms with Gasteiger partial charge in [0.05, 0.1) is 0 Å². The molecule has 1 saturated heterocycles. The molecule has 0 unspecified atom stereocenters. The second-order valence-electron chi connectivity index (χ2n) is 4.45. The molecule has 0 spiro atoms. The van der Waals surface area contributed by atoms with Crippen LogP contribution >= 0.6 is 0 Å². The standard InChI is InChI=1S/C13H15F3N2O/c1-2-3-6-18-8-11(9-18)19-10-4-5-17-12(7-10)13(14,15)16/h2,4-5,7,11H,1,3,6,8-9H2. The zero-order valence-electron chi connectivity index (χ0n) is 10.4. The number of likely N-dealkylation sites (tertiary alicyclic amines) is 1. The molecular formula is C13H15F3N2O. The quantitative estimate of drug-likeness (QED) is 0.771. The lowest BCUT2D eigenvalue weighted by molar-refractivity contribution is -0.141. The van der Waals surface area contributed by atoms with Gasteiger partial charge in [-0.05, 0) is 12.5 Å². The van der Waals surface area contributed by atoms with E-state index in [-0.39, 0.29) is 11.9 Å². The van der Waals surface area contributed by atoms with E-state index in [1.54, 1.807) is 0 Å². The molecule has 1 aliphatic heterocycles. The highest BCUT2D eigenvalue weighted by Crippen LogP contribution is 2.30.